The van der Waals surface area contributed by atoms with Crippen molar-refractivity contribution in [3.8, 4) is 5.75 Å². The molecule has 0 aliphatic heterocycles. The van der Waals surface area contributed by atoms with E-state index in [2.05, 4.69) is 0 Å². The second-order valence-corrected chi connectivity index (χ2v) is 6.86. The van der Waals surface area contributed by atoms with E-state index in [1.165, 1.54) is 0 Å². The van der Waals surface area contributed by atoms with Gasteiger partial charge in [-0.2, -0.15) is 0 Å². The van der Waals surface area contributed by atoms with E-state index in [0.717, 1.165) is 24.3 Å². The molecule has 0 saturated carbocycles. The van der Waals surface area contributed by atoms with Gasteiger partial charge in [-0.15, -0.1) is 0 Å². The van der Waals surface area contributed by atoms with Gasteiger partial charge in [0.25, 0.3) is 15.9 Å². The van der Waals surface area contributed by atoms with E-state index in [1.807, 2.05) is 0 Å². The molecule has 0 heterocycles. The number of sulfonamides is 1. The molecule has 25 heavy (non-hydrogen) atoms. The molecule has 0 spiro atoms. The van der Waals surface area contributed by atoms with Crippen molar-refractivity contribution in [2.24, 2.45) is 0 Å². The molecule has 0 aromatic heterocycles. The lowest BCUT2D eigenvalue weighted by Crippen LogP contribution is -2.15. The second kappa shape index (κ2) is 6.28. The largest absolute Gasteiger partial charge is 0.503 e. The van der Waals surface area contributed by atoms with Crippen LogP contribution in [0.3, 0.4) is 0 Å². The molecule has 0 bridgehead atoms. The number of nitrogens with one attached hydrogen (secondary N) is 1. The minimum atomic E-state index is -4.48. The van der Waals surface area contributed by atoms with Crippen LogP contribution in [0.25, 0.3) is 0 Å². The van der Waals surface area contributed by atoms with Gasteiger partial charge in [0, 0.05) is 12.5 Å². The van der Waals surface area contributed by atoms with Gasteiger partial charge in [-0.05, 0) is 24.3 Å². The van der Waals surface area contributed by atoms with E-state index < -0.39 is 55.2 Å². The van der Waals surface area contributed by atoms with Crippen LogP contribution in [-0.4, -0.2) is 24.6 Å². The number of hydrogen-bond donors (Lipinski definition) is 3. The third-order valence-corrected chi connectivity index (χ3v) is 4.57. The van der Waals surface area contributed by atoms with Gasteiger partial charge in [-0.25, -0.2) is 26.4 Å². The predicted molar refractivity (Wildman–Crippen MR) is 81.8 cm³/mol. The number of halogens is 3. The molecule has 0 fully saturated rings. The predicted octanol–water partition coefficient (Wildman–Crippen LogP) is 3.14. The van der Waals surface area contributed by atoms with Gasteiger partial charge >= 0.3 is 5.97 Å². The molecule has 10 heteroatoms. The molecule has 0 aliphatic rings. The van der Waals surface area contributed by atoms with Gasteiger partial charge in [0.1, 0.15) is 0 Å². The molecule has 2 aromatic carbocycles. The third-order valence-electron chi connectivity index (χ3n) is 3.21. The van der Waals surface area contributed by atoms with Crippen molar-refractivity contribution in [2.75, 3.05) is 4.72 Å². The van der Waals surface area contributed by atoms with Gasteiger partial charge in [0.15, 0.2) is 11.6 Å². The molecule has 2 rings (SSSR count). The zero-order chi connectivity index (χ0) is 19.0. The van der Waals surface area contributed by atoms with Crippen molar-refractivity contribution in [2.45, 2.75) is 17.7 Å². The summed E-state index contributed by atoms with van der Waals surface area (Å²) in [6.07, 6.45) is 0. The maximum absolute atomic E-state index is 13.6. The lowest BCUT2D eigenvalue weighted by atomic mass is 10.1. The van der Waals surface area contributed by atoms with Crippen LogP contribution < -0.4 is 4.72 Å². The van der Waals surface area contributed by atoms with E-state index in [9.17, 15) is 31.5 Å². The Morgan fingerprint density at radius 2 is 1.84 bits per heavy atom. The molecule has 3 N–H and O–H groups in total. The Morgan fingerprint density at radius 3 is 2.40 bits per heavy atom. The van der Waals surface area contributed by atoms with E-state index in [0.29, 0.717) is 19.1 Å². The number of hydrogen-bond acceptors (Lipinski definition) is 4. The number of benzene rings is 2. The molecule has 0 saturated heterocycles. The summed E-state index contributed by atoms with van der Waals surface area (Å²) in [6, 6.07) is 5.07. The van der Waals surface area contributed by atoms with Crippen LogP contribution >= 0.6 is 0 Å². The molecule has 0 amide bonds. The number of alkyl halides is 2. The number of carbonyl (C=O) groups is 1. The number of carboxylic acids is 1. The Kier molecular flexibility index (Phi) is 4.67. The first-order valence-electron chi connectivity index (χ1n) is 6.69. The van der Waals surface area contributed by atoms with E-state index in [-0.39, 0.29) is 0 Å². The first kappa shape index (κ1) is 18.6. The molecule has 2 aromatic rings. The third kappa shape index (κ3) is 4.02. The molecule has 6 nitrogen and oxygen atoms in total. The number of aromatic hydroxyl groups is 1. The number of anilines is 1. The van der Waals surface area contributed by atoms with Crippen LogP contribution in [0.5, 0.6) is 5.75 Å². The molecular weight excluding hydrogens is 363 g/mol. The van der Waals surface area contributed by atoms with Gasteiger partial charge < -0.3 is 10.2 Å². The normalized spacial score (nSPS) is 12.0. The van der Waals surface area contributed by atoms with Crippen LogP contribution in [-0.2, 0) is 15.9 Å². The van der Waals surface area contributed by atoms with Crippen molar-refractivity contribution in [3.63, 3.8) is 0 Å². The average molecular weight is 375 g/mol. The number of carboxylic acid groups (broad SMARTS) is 1. The smallest absolute Gasteiger partial charge is 0.335 e. The molecule has 0 unspecified atom stereocenters. The number of aromatic carboxylic acids is 1. The Hall–Kier alpha value is -2.75. The van der Waals surface area contributed by atoms with E-state index >= 15 is 0 Å². The first-order chi connectivity index (χ1) is 11.4. The Balaban J connectivity index is 2.48. The van der Waals surface area contributed by atoms with Gasteiger partial charge in [-0.1, -0.05) is 12.1 Å². The highest BCUT2D eigenvalue weighted by molar-refractivity contribution is 7.92. The fraction of sp³-hybridized carbons (Fsp3) is 0.133. The maximum atomic E-state index is 13.6. The van der Waals surface area contributed by atoms with Crippen molar-refractivity contribution in [1.82, 2.24) is 0 Å². The quantitative estimate of drug-likeness (QED) is 0.697. The second-order valence-electron chi connectivity index (χ2n) is 5.18. The van der Waals surface area contributed by atoms with E-state index in [4.69, 9.17) is 5.11 Å². The molecule has 0 atom stereocenters. The monoisotopic (exact) mass is 375 g/mol. The highest BCUT2D eigenvalue weighted by Crippen LogP contribution is 2.32. The summed E-state index contributed by atoms with van der Waals surface area (Å²) in [7, 11) is -4.48. The van der Waals surface area contributed by atoms with Gasteiger partial charge in [0.05, 0.1) is 16.1 Å². The minimum Gasteiger partial charge on any atom is -0.503 e. The first-order valence-corrected chi connectivity index (χ1v) is 8.17. The van der Waals surface area contributed by atoms with Crippen molar-refractivity contribution in [3.05, 3.63) is 53.3 Å². The summed E-state index contributed by atoms with van der Waals surface area (Å²) < 4.78 is 66.6. The van der Waals surface area contributed by atoms with Crippen molar-refractivity contribution in [1.29, 1.82) is 0 Å². The van der Waals surface area contributed by atoms with Gasteiger partial charge in [0.2, 0.25) is 0 Å². The van der Waals surface area contributed by atoms with Crippen LogP contribution in [0.15, 0.2) is 41.3 Å². The summed E-state index contributed by atoms with van der Waals surface area (Å²) in [5.74, 6) is -7.31. The summed E-state index contributed by atoms with van der Waals surface area (Å²) >= 11 is 0. The number of rotatable bonds is 5. The SMILES string of the molecule is CC(F)(F)c1cccc(S(=O)(=O)Nc2cc(C(=O)O)cc(F)c2O)c1. The maximum Gasteiger partial charge on any atom is 0.335 e. The summed E-state index contributed by atoms with van der Waals surface area (Å²) in [5.41, 5.74) is -1.90. The molecule has 0 radical (unpaired) electrons. The fourth-order valence-electron chi connectivity index (χ4n) is 1.94. The highest BCUT2D eigenvalue weighted by atomic mass is 32.2. The Labute approximate surface area is 140 Å². The topological polar surface area (TPSA) is 104 Å². The van der Waals surface area contributed by atoms with Crippen molar-refractivity contribution >= 4 is 21.7 Å². The van der Waals surface area contributed by atoms with Crippen LogP contribution in [0.4, 0.5) is 18.9 Å². The summed E-state index contributed by atoms with van der Waals surface area (Å²) in [4.78, 5) is 10.3. The molecule has 0 aliphatic carbocycles. The zero-order valence-corrected chi connectivity index (χ0v) is 13.4. The Bertz CT molecular complexity index is 939. The average Bonchev–Trinajstić information content (AvgIpc) is 2.50. The van der Waals surface area contributed by atoms with Crippen molar-refractivity contribution < 1.29 is 36.6 Å². The lowest BCUT2D eigenvalue weighted by Gasteiger charge is -2.14. The summed E-state index contributed by atoms with van der Waals surface area (Å²) in [5, 5.41) is 18.4. The minimum absolute atomic E-state index is 0.508. The highest BCUT2D eigenvalue weighted by Gasteiger charge is 2.27. The molecular formula is C15H12F3NO5S. The molecule has 134 valence electrons. The fourth-order valence-corrected chi connectivity index (χ4v) is 3.04. The van der Waals surface area contributed by atoms with Crippen LogP contribution in [0.1, 0.15) is 22.8 Å². The standard InChI is InChI=1S/C15H12F3NO5S/c1-15(17,18)9-3-2-4-10(7-9)25(23,24)19-12-6-8(14(21)22)5-11(16)13(12)20/h2-7,19-20H,1H3,(H,21,22). The lowest BCUT2D eigenvalue weighted by molar-refractivity contribution is 0.0172. The summed E-state index contributed by atoms with van der Waals surface area (Å²) in [6.45, 7) is 0.587. The number of phenolic OH excluding ortho intramolecular Hbond substituents is 1. The zero-order valence-electron chi connectivity index (χ0n) is 12.6. The van der Waals surface area contributed by atoms with Gasteiger partial charge in [-0.3, -0.25) is 4.72 Å². The van der Waals surface area contributed by atoms with Crippen LogP contribution in [0.2, 0.25) is 0 Å². The van der Waals surface area contributed by atoms with Crippen LogP contribution in [0, 0.1) is 5.82 Å². The number of phenols is 1. The Morgan fingerprint density at radius 1 is 1.20 bits per heavy atom. The van der Waals surface area contributed by atoms with E-state index in [1.54, 1.807) is 4.72 Å².